The van der Waals surface area contributed by atoms with Crippen molar-refractivity contribution in [2.45, 2.75) is 6.04 Å². The van der Waals surface area contributed by atoms with Crippen molar-refractivity contribution in [1.82, 2.24) is 15.1 Å². The third kappa shape index (κ3) is 3.87. The molecule has 2 fully saturated rings. The van der Waals surface area contributed by atoms with Crippen LogP contribution in [0.1, 0.15) is 11.6 Å². The molecular weight excluding hydrogens is 338 g/mol. The van der Waals surface area contributed by atoms with E-state index >= 15 is 0 Å². The zero-order valence-corrected chi connectivity index (χ0v) is 14.8. The van der Waals surface area contributed by atoms with Crippen molar-refractivity contribution in [3.8, 4) is 11.5 Å². The monoisotopic (exact) mass is 363 g/mol. The Morgan fingerprint density at radius 1 is 1.00 bits per heavy atom. The van der Waals surface area contributed by atoms with E-state index in [9.17, 15) is 4.79 Å². The first-order valence-electron chi connectivity index (χ1n) is 9.13. The number of carbonyl (C=O) groups is 1. The van der Waals surface area contributed by atoms with Crippen LogP contribution in [0.4, 0.5) is 4.79 Å². The minimum atomic E-state index is -0.0349. The molecule has 0 aromatic heterocycles. The molecule has 2 saturated heterocycles. The van der Waals surface area contributed by atoms with E-state index in [4.69, 9.17) is 18.9 Å². The van der Waals surface area contributed by atoms with Crippen LogP contribution in [0.3, 0.4) is 0 Å². The maximum atomic E-state index is 12.5. The predicted octanol–water partition coefficient (Wildman–Crippen LogP) is 0.830. The molecule has 1 N–H and O–H groups in total. The number of ether oxygens (including phenoxy) is 4. The van der Waals surface area contributed by atoms with E-state index in [1.807, 2.05) is 12.1 Å². The van der Waals surface area contributed by atoms with E-state index in [1.54, 1.807) is 4.90 Å². The maximum absolute atomic E-state index is 12.5. The standard InChI is InChI=1S/C18H25N3O5/c22-18(21-5-9-24-10-6-21)19-12-15(20-3-7-23-8-4-20)14-1-2-16-17(11-14)26-13-25-16/h1-2,11,15H,3-10,12-13H2,(H,19,22). The van der Waals surface area contributed by atoms with Crippen molar-refractivity contribution in [2.75, 3.05) is 65.9 Å². The fraction of sp³-hybridized carbons (Fsp3) is 0.611. The fourth-order valence-electron chi connectivity index (χ4n) is 3.53. The van der Waals surface area contributed by atoms with Gasteiger partial charge in [0.05, 0.1) is 32.5 Å². The Morgan fingerprint density at radius 2 is 1.69 bits per heavy atom. The molecule has 8 nitrogen and oxygen atoms in total. The maximum Gasteiger partial charge on any atom is 0.317 e. The van der Waals surface area contributed by atoms with Crippen LogP contribution in [0.25, 0.3) is 0 Å². The number of benzene rings is 1. The SMILES string of the molecule is O=C(NCC(c1ccc2c(c1)OCO2)N1CCOCC1)N1CCOCC1. The average Bonchev–Trinajstić information content (AvgIpc) is 3.17. The molecule has 26 heavy (non-hydrogen) atoms. The van der Waals surface area contributed by atoms with Crippen LogP contribution in [-0.2, 0) is 9.47 Å². The lowest BCUT2D eigenvalue weighted by Gasteiger charge is -2.35. The highest BCUT2D eigenvalue weighted by molar-refractivity contribution is 5.74. The minimum absolute atomic E-state index is 0.0349. The number of fused-ring (bicyclic) bond motifs is 1. The summed E-state index contributed by atoms with van der Waals surface area (Å²) in [7, 11) is 0. The number of amides is 2. The fourth-order valence-corrected chi connectivity index (χ4v) is 3.53. The van der Waals surface area contributed by atoms with Gasteiger partial charge in [-0.1, -0.05) is 6.07 Å². The summed E-state index contributed by atoms with van der Waals surface area (Å²) in [4.78, 5) is 16.6. The van der Waals surface area contributed by atoms with Crippen LogP contribution in [0.15, 0.2) is 18.2 Å². The van der Waals surface area contributed by atoms with Gasteiger partial charge in [0.25, 0.3) is 0 Å². The highest BCUT2D eigenvalue weighted by Gasteiger charge is 2.26. The van der Waals surface area contributed by atoms with Crippen molar-refractivity contribution in [2.24, 2.45) is 0 Å². The van der Waals surface area contributed by atoms with Crippen LogP contribution >= 0.6 is 0 Å². The summed E-state index contributed by atoms with van der Waals surface area (Å²) >= 11 is 0. The van der Waals surface area contributed by atoms with Gasteiger partial charge in [-0.25, -0.2) is 4.79 Å². The molecule has 0 aliphatic carbocycles. The summed E-state index contributed by atoms with van der Waals surface area (Å²) in [5.41, 5.74) is 1.11. The second-order valence-corrected chi connectivity index (χ2v) is 6.56. The molecular formula is C18H25N3O5. The Bertz CT molecular complexity index is 629. The molecule has 0 spiro atoms. The Labute approximate surface area is 152 Å². The van der Waals surface area contributed by atoms with Gasteiger partial charge in [-0.05, 0) is 17.7 Å². The zero-order valence-electron chi connectivity index (χ0n) is 14.8. The Hall–Kier alpha value is -2.03. The van der Waals surface area contributed by atoms with E-state index in [2.05, 4.69) is 16.3 Å². The summed E-state index contributed by atoms with van der Waals surface area (Å²) in [6, 6.07) is 6.04. The van der Waals surface area contributed by atoms with E-state index in [0.717, 1.165) is 30.2 Å². The lowest BCUT2D eigenvalue weighted by atomic mass is 10.0. The van der Waals surface area contributed by atoms with Gasteiger partial charge in [0, 0.05) is 32.7 Å². The molecule has 1 aromatic rings. The molecule has 3 aliphatic heterocycles. The molecule has 0 saturated carbocycles. The Balaban J connectivity index is 1.46. The molecule has 8 heteroatoms. The molecule has 0 bridgehead atoms. The third-order valence-electron chi connectivity index (χ3n) is 5.01. The predicted molar refractivity (Wildman–Crippen MR) is 93.5 cm³/mol. The van der Waals surface area contributed by atoms with Gasteiger partial charge in [0.2, 0.25) is 6.79 Å². The topological polar surface area (TPSA) is 72.5 Å². The lowest BCUT2D eigenvalue weighted by Crippen LogP contribution is -2.49. The van der Waals surface area contributed by atoms with Crippen molar-refractivity contribution in [1.29, 1.82) is 0 Å². The molecule has 1 aromatic carbocycles. The highest BCUT2D eigenvalue weighted by Crippen LogP contribution is 2.35. The first-order valence-corrected chi connectivity index (χ1v) is 9.13. The van der Waals surface area contributed by atoms with Crippen LogP contribution in [0, 0.1) is 0 Å². The summed E-state index contributed by atoms with van der Waals surface area (Å²) < 4.78 is 21.7. The number of nitrogens with one attached hydrogen (secondary N) is 1. The molecule has 3 heterocycles. The number of hydrogen-bond donors (Lipinski definition) is 1. The normalized spacial score (nSPS) is 21.5. The van der Waals surface area contributed by atoms with E-state index in [0.29, 0.717) is 46.1 Å². The van der Waals surface area contributed by atoms with Crippen LogP contribution < -0.4 is 14.8 Å². The van der Waals surface area contributed by atoms with E-state index in [1.165, 1.54) is 0 Å². The summed E-state index contributed by atoms with van der Waals surface area (Å²) in [6.45, 7) is 6.36. The summed E-state index contributed by atoms with van der Waals surface area (Å²) in [5.74, 6) is 1.53. The van der Waals surface area contributed by atoms with Crippen LogP contribution in [-0.4, -0.2) is 81.8 Å². The quantitative estimate of drug-likeness (QED) is 0.854. The van der Waals surface area contributed by atoms with Gasteiger partial charge in [-0.3, -0.25) is 4.90 Å². The molecule has 1 atom stereocenters. The smallest absolute Gasteiger partial charge is 0.317 e. The number of nitrogens with zero attached hydrogens (tertiary/aromatic N) is 2. The van der Waals surface area contributed by atoms with Crippen LogP contribution in [0.2, 0.25) is 0 Å². The van der Waals surface area contributed by atoms with Crippen molar-refractivity contribution < 1.29 is 23.7 Å². The van der Waals surface area contributed by atoms with Gasteiger partial charge >= 0.3 is 6.03 Å². The summed E-state index contributed by atoms with van der Waals surface area (Å²) in [5, 5.41) is 3.09. The second-order valence-electron chi connectivity index (χ2n) is 6.56. The number of morpholine rings is 2. The third-order valence-corrected chi connectivity index (χ3v) is 5.01. The van der Waals surface area contributed by atoms with Gasteiger partial charge in [0.1, 0.15) is 0 Å². The number of urea groups is 1. The van der Waals surface area contributed by atoms with Crippen molar-refractivity contribution >= 4 is 6.03 Å². The average molecular weight is 363 g/mol. The zero-order chi connectivity index (χ0) is 17.8. The van der Waals surface area contributed by atoms with Gasteiger partial charge < -0.3 is 29.2 Å². The molecule has 3 aliphatic rings. The first kappa shape index (κ1) is 17.4. The second kappa shape index (κ2) is 8.11. The largest absolute Gasteiger partial charge is 0.454 e. The minimum Gasteiger partial charge on any atom is -0.454 e. The van der Waals surface area contributed by atoms with Crippen molar-refractivity contribution in [3.63, 3.8) is 0 Å². The molecule has 1 unspecified atom stereocenters. The van der Waals surface area contributed by atoms with Gasteiger partial charge in [-0.2, -0.15) is 0 Å². The van der Waals surface area contributed by atoms with Gasteiger partial charge in [0.15, 0.2) is 11.5 Å². The van der Waals surface area contributed by atoms with E-state index < -0.39 is 0 Å². The van der Waals surface area contributed by atoms with Crippen LogP contribution in [0.5, 0.6) is 11.5 Å². The molecule has 142 valence electrons. The summed E-state index contributed by atoms with van der Waals surface area (Å²) in [6.07, 6.45) is 0. The first-order chi connectivity index (χ1) is 12.8. The number of rotatable bonds is 4. The number of carbonyl (C=O) groups excluding carboxylic acids is 1. The Morgan fingerprint density at radius 3 is 2.46 bits per heavy atom. The van der Waals surface area contributed by atoms with Gasteiger partial charge in [-0.15, -0.1) is 0 Å². The molecule has 0 radical (unpaired) electrons. The van der Waals surface area contributed by atoms with Crippen molar-refractivity contribution in [3.05, 3.63) is 23.8 Å². The lowest BCUT2D eigenvalue weighted by molar-refractivity contribution is 0.0157. The highest BCUT2D eigenvalue weighted by atomic mass is 16.7. The van der Waals surface area contributed by atoms with E-state index in [-0.39, 0.29) is 18.9 Å². The number of hydrogen-bond acceptors (Lipinski definition) is 6. The molecule has 4 rings (SSSR count). The molecule has 2 amide bonds. The Kier molecular flexibility index (Phi) is 5.42.